The van der Waals surface area contributed by atoms with Gasteiger partial charge in [-0.25, -0.2) is 0 Å². The third kappa shape index (κ3) is 3.81. The van der Waals surface area contributed by atoms with Gasteiger partial charge in [-0.15, -0.1) is 0 Å². The molecule has 28 heavy (non-hydrogen) atoms. The molecule has 3 aromatic carbocycles. The standard InChI is InChI=1S/C22H18N2O4/c1-14-21(25)24-19-13-16(9-12-20(19)27-14)23-22(26)15-7-10-18(11-8-15)28-17-5-3-2-4-6-17/h2-14H,1H3,(H,23,26)(H,24,25)/t14-/m0/s1. The zero-order valence-corrected chi connectivity index (χ0v) is 15.1. The molecule has 0 aromatic heterocycles. The largest absolute Gasteiger partial charge is 0.479 e. The topological polar surface area (TPSA) is 76.7 Å². The molecule has 6 heteroatoms. The fourth-order valence-corrected chi connectivity index (χ4v) is 2.79. The second-order valence-electron chi connectivity index (χ2n) is 6.35. The summed E-state index contributed by atoms with van der Waals surface area (Å²) < 4.78 is 11.2. The molecule has 0 radical (unpaired) electrons. The molecule has 0 fully saturated rings. The van der Waals surface area contributed by atoms with Crippen molar-refractivity contribution in [1.29, 1.82) is 0 Å². The minimum Gasteiger partial charge on any atom is -0.479 e. The van der Waals surface area contributed by atoms with E-state index in [0.29, 0.717) is 28.4 Å². The van der Waals surface area contributed by atoms with Gasteiger partial charge < -0.3 is 20.1 Å². The van der Waals surface area contributed by atoms with Crippen molar-refractivity contribution in [3.63, 3.8) is 0 Å². The molecule has 6 nitrogen and oxygen atoms in total. The van der Waals surface area contributed by atoms with Gasteiger partial charge in [-0.1, -0.05) is 18.2 Å². The van der Waals surface area contributed by atoms with Gasteiger partial charge >= 0.3 is 0 Å². The maximum Gasteiger partial charge on any atom is 0.265 e. The Labute approximate surface area is 162 Å². The Bertz CT molecular complexity index is 1020. The highest BCUT2D eigenvalue weighted by Crippen LogP contribution is 2.32. The van der Waals surface area contributed by atoms with Gasteiger partial charge in [0, 0.05) is 11.3 Å². The van der Waals surface area contributed by atoms with Crippen LogP contribution >= 0.6 is 0 Å². The van der Waals surface area contributed by atoms with Gasteiger partial charge in [-0.2, -0.15) is 0 Å². The summed E-state index contributed by atoms with van der Waals surface area (Å²) in [6.45, 7) is 1.68. The van der Waals surface area contributed by atoms with Crippen molar-refractivity contribution in [1.82, 2.24) is 0 Å². The summed E-state index contributed by atoms with van der Waals surface area (Å²) in [5.41, 5.74) is 1.59. The normalized spacial score (nSPS) is 15.0. The second kappa shape index (κ2) is 7.44. The van der Waals surface area contributed by atoms with E-state index in [4.69, 9.17) is 9.47 Å². The van der Waals surface area contributed by atoms with E-state index in [-0.39, 0.29) is 11.8 Å². The van der Waals surface area contributed by atoms with Crippen LogP contribution in [0.5, 0.6) is 17.2 Å². The van der Waals surface area contributed by atoms with Crippen LogP contribution in [-0.4, -0.2) is 17.9 Å². The number of hydrogen-bond acceptors (Lipinski definition) is 4. The van der Waals surface area contributed by atoms with Crippen molar-refractivity contribution >= 4 is 23.2 Å². The van der Waals surface area contributed by atoms with Crippen LogP contribution in [0.3, 0.4) is 0 Å². The highest BCUT2D eigenvalue weighted by Gasteiger charge is 2.23. The lowest BCUT2D eigenvalue weighted by molar-refractivity contribution is -0.122. The molecule has 1 aliphatic heterocycles. The molecule has 4 rings (SSSR count). The Kier molecular flexibility index (Phi) is 4.68. The monoisotopic (exact) mass is 374 g/mol. The number of para-hydroxylation sites is 1. The average molecular weight is 374 g/mol. The quantitative estimate of drug-likeness (QED) is 0.707. The summed E-state index contributed by atoms with van der Waals surface area (Å²) in [4.78, 5) is 24.2. The fraction of sp³-hybridized carbons (Fsp3) is 0.0909. The molecule has 140 valence electrons. The van der Waals surface area contributed by atoms with Crippen LogP contribution in [0.15, 0.2) is 72.8 Å². The molecule has 0 unspecified atom stereocenters. The summed E-state index contributed by atoms with van der Waals surface area (Å²) in [6.07, 6.45) is -0.537. The van der Waals surface area contributed by atoms with Crippen LogP contribution in [0.25, 0.3) is 0 Å². The third-order valence-corrected chi connectivity index (χ3v) is 4.26. The predicted octanol–water partition coefficient (Wildman–Crippen LogP) is 4.45. The number of ether oxygens (including phenoxy) is 2. The number of amides is 2. The van der Waals surface area contributed by atoms with E-state index < -0.39 is 6.10 Å². The third-order valence-electron chi connectivity index (χ3n) is 4.26. The van der Waals surface area contributed by atoms with E-state index in [2.05, 4.69) is 10.6 Å². The average Bonchev–Trinajstić information content (AvgIpc) is 2.70. The van der Waals surface area contributed by atoms with Gasteiger partial charge in [0.2, 0.25) is 0 Å². The lowest BCUT2D eigenvalue weighted by Gasteiger charge is -2.23. The Morgan fingerprint density at radius 1 is 1.00 bits per heavy atom. The molecule has 1 atom stereocenters. The van der Waals surface area contributed by atoms with Gasteiger partial charge in [0.25, 0.3) is 11.8 Å². The molecule has 2 N–H and O–H groups in total. The van der Waals surface area contributed by atoms with E-state index in [1.54, 1.807) is 49.4 Å². The minimum absolute atomic E-state index is 0.218. The molecule has 1 heterocycles. The molecular weight excluding hydrogens is 356 g/mol. The Morgan fingerprint density at radius 2 is 1.71 bits per heavy atom. The van der Waals surface area contributed by atoms with Gasteiger partial charge in [0.15, 0.2) is 6.10 Å². The summed E-state index contributed by atoms with van der Waals surface area (Å²) in [6, 6.07) is 21.4. The SMILES string of the molecule is C[C@@H]1Oc2ccc(NC(=O)c3ccc(Oc4ccccc4)cc3)cc2NC1=O. The maximum absolute atomic E-state index is 12.5. The van der Waals surface area contributed by atoms with E-state index >= 15 is 0 Å². The molecule has 3 aromatic rings. The second-order valence-corrected chi connectivity index (χ2v) is 6.35. The van der Waals surface area contributed by atoms with Crippen molar-refractivity contribution in [3.8, 4) is 17.2 Å². The Hall–Kier alpha value is -3.80. The molecule has 0 bridgehead atoms. The predicted molar refractivity (Wildman–Crippen MR) is 106 cm³/mol. The molecule has 0 saturated heterocycles. The lowest BCUT2D eigenvalue weighted by Crippen LogP contribution is -2.34. The van der Waals surface area contributed by atoms with Gasteiger partial charge in [-0.3, -0.25) is 9.59 Å². The number of hydrogen-bond donors (Lipinski definition) is 2. The molecule has 0 aliphatic carbocycles. The highest BCUT2D eigenvalue weighted by atomic mass is 16.5. The van der Waals surface area contributed by atoms with Crippen molar-refractivity contribution < 1.29 is 19.1 Å². The maximum atomic E-state index is 12.5. The number of rotatable bonds is 4. The molecule has 1 aliphatic rings. The van der Waals surface area contributed by atoms with Crippen LogP contribution in [0, 0.1) is 0 Å². The fourth-order valence-electron chi connectivity index (χ4n) is 2.79. The minimum atomic E-state index is -0.537. The van der Waals surface area contributed by atoms with E-state index in [1.807, 2.05) is 30.3 Å². The van der Waals surface area contributed by atoms with Crippen LogP contribution in [0.4, 0.5) is 11.4 Å². The van der Waals surface area contributed by atoms with E-state index in [9.17, 15) is 9.59 Å². The van der Waals surface area contributed by atoms with Gasteiger partial charge in [-0.05, 0) is 61.5 Å². The number of anilines is 2. The van der Waals surface area contributed by atoms with Crippen LogP contribution in [-0.2, 0) is 4.79 Å². The first-order valence-corrected chi connectivity index (χ1v) is 8.84. The number of benzene rings is 3. The Morgan fingerprint density at radius 3 is 2.46 bits per heavy atom. The van der Waals surface area contributed by atoms with Gasteiger partial charge in [0.1, 0.15) is 17.2 Å². The first kappa shape index (κ1) is 17.6. The summed E-state index contributed by atoms with van der Waals surface area (Å²) >= 11 is 0. The van der Waals surface area contributed by atoms with Crippen molar-refractivity contribution in [2.45, 2.75) is 13.0 Å². The van der Waals surface area contributed by atoms with Crippen molar-refractivity contribution in [2.24, 2.45) is 0 Å². The number of fused-ring (bicyclic) bond motifs is 1. The zero-order valence-electron chi connectivity index (χ0n) is 15.1. The van der Waals surface area contributed by atoms with Crippen LogP contribution < -0.4 is 20.1 Å². The molecule has 2 amide bonds. The smallest absolute Gasteiger partial charge is 0.265 e. The number of carbonyl (C=O) groups excluding carboxylic acids is 2. The number of carbonyl (C=O) groups is 2. The molecule has 0 spiro atoms. The summed E-state index contributed by atoms with van der Waals surface area (Å²) in [5.74, 6) is 1.47. The van der Waals surface area contributed by atoms with E-state index in [0.717, 1.165) is 5.75 Å². The summed E-state index contributed by atoms with van der Waals surface area (Å²) in [5, 5.41) is 5.58. The van der Waals surface area contributed by atoms with E-state index in [1.165, 1.54) is 0 Å². The van der Waals surface area contributed by atoms with Crippen molar-refractivity contribution in [3.05, 3.63) is 78.4 Å². The Balaban J connectivity index is 1.44. The summed E-state index contributed by atoms with van der Waals surface area (Å²) in [7, 11) is 0. The lowest BCUT2D eigenvalue weighted by atomic mass is 10.1. The molecule has 0 saturated carbocycles. The molecular formula is C22H18N2O4. The first-order chi connectivity index (χ1) is 13.6. The zero-order chi connectivity index (χ0) is 19.5. The van der Waals surface area contributed by atoms with Crippen molar-refractivity contribution in [2.75, 3.05) is 10.6 Å². The highest BCUT2D eigenvalue weighted by molar-refractivity contribution is 6.05. The first-order valence-electron chi connectivity index (χ1n) is 8.84. The van der Waals surface area contributed by atoms with Crippen LogP contribution in [0.1, 0.15) is 17.3 Å². The van der Waals surface area contributed by atoms with Gasteiger partial charge in [0.05, 0.1) is 5.69 Å². The number of nitrogens with one attached hydrogen (secondary N) is 2. The van der Waals surface area contributed by atoms with Crippen LogP contribution in [0.2, 0.25) is 0 Å².